The van der Waals surface area contributed by atoms with Gasteiger partial charge < -0.3 is 0 Å². The van der Waals surface area contributed by atoms with Crippen LogP contribution in [0.25, 0.3) is 0 Å². The smallest absolute Gasteiger partial charge is 0.0712 e. The predicted molar refractivity (Wildman–Crippen MR) is 47.3 cm³/mol. The van der Waals surface area contributed by atoms with Crippen molar-refractivity contribution in [2.45, 2.75) is 0 Å². The third-order valence-electron chi connectivity index (χ3n) is 0.333. The Bertz CT molecular complexity index is 45.5. The Morgan fingerprint density at radius 2 is 0.625 bits per heavy atom. The molecule has 0 bridgehead atoms. The number of rotatable bonds is 2. The molecule has 0 aromatic heterocycles. The molecule has 0 aliphatic rings. The van der Waals surface area contributed by atoms with E-state index >= 15 is 0 Å². The van der Waals surface area contributed by atoms with Crippen LogP contribution in [0.4, 0.5) is 0 Å². The van der Waals surface area contributed by atoms with Gasteiger partial charge in [-0.1, -0.05) is 0 Å². The largest absolute Gasteiger partial charge is 0.252 e. The van der Waals surface area contributed by atoms with Crippen LogP contribution in [0.3, 0.4) is 0 Å². The molecule has 0 aromatic carbocycles. The monoisotopic (exact) mass is 509 g/mol. The van der Waals surface area contributed by atoms with Gasteiger partial charge >= 0.3 is 0 Å². The molecule has 16 heavy (non-hydrogen) atoms. The molecule has 101 valence electrons. The first-order valence-corrected chi connectivity index (χ1v) is 3.15. The summed E-state index contributed by atoms with van der Waals surface area (Å²) in [5.74, 6) is 0. The summed E-state index contributed by atoms with van der Waals surface area (Å²) in [5.41, 5.74) is 0. The summed E-state index contributed by atoms with van der Waals surface area (Å²) in [6.45, 7) is 0. The van der Waals surface area contributed by atoms with E-state index in [-0.39, 0.29) is 49.7 Å². The van der Waals surface area contributed by atoms with E-state index in [1.807, 2.05) is 0 Å². The molecule has 0 aliphatic carbocycles. The van der Waals surface area contributed by atoms with Gasteiger partial charge in [0.2, 0.25) is 0 Å². The molecule has 0 amide bonds. The molecule has 0 aliphatic heterocycles. The minimum absolute atomic E-state index is 0. The Labute approximate surface area is 131 Å². The van der Waals surface area contributed by atoms with Gasteiger partial charge in [0.1, 0.15) is 0 Å². The number of hydrogen-bond acceptors (Lipinski definition) is 8. The quantitative estimate of drug-likeness (QED) is 0.413. The molecule has 0 saturated heterocycles. The van der Waals surface area contributed by atoms with Gasteiger partial charge in [-0.25, -0.2) is 29.3 Å². The van der Waals surface area contributed by atoms with Crippen LogP contribution >= 0.6 is 0 Å². The molecule has 0 rings (SSSR count). The Morgan fingerprint density at radius 1 is 0.562 bits per heavy atom. The summed E-state index contributed by atoms with van der Waals surface area (Å²) in [6, 6.07) is 0. The maximum absolute atomic E-state index is 7.07. The van der Waals surface area contributed by atoms with Gasteiger partial charge in [0, 0.05) is 49.7 Å². The van der Waals surface area contributed by atoms with E-state index in [4.69, 9.17) is 10.5 Å². The van der Waals surface area contributed by atoms with Crippen molar-refractivity contribution in [3.05, 3.63) is 0 Å². The van der Waals surface area contributed by atoms with Crippen LogP contribution < -0.4 is 0 Å². The minimum atomic E-state index is 0. The van der Waals surface area contributed by atoms with Crippen molar-refractivity contribution in [3.8, 4) is 0 Å². The third kappa shape index (κ3) is 285. The zero-order valence-corrected chi connectivity index (χ0v) is 15.9. The topological polar surface area (TPSA) is 95.8 Å². The van der Waals surface area contributed by atoms with Crippen molar-refractivity contribution >= 4 is 0 Å². The molecule has 0 saturated carbocycles. The zero-order valence-electron chi connectivity index (χ0n) is 10.3. The van der Waals surface area contributed by atoms with Gasteiger partial charge in [-0.2, -0.15) is 0 Å². The molecular formula is C6H20O8UV. The van der Waals surface area contributed by atoms with Gasteiger partial charge in [-0.15, -0.1) is 0 Å². The maximum atomic E-state index is 7.07. The second-order valence-corrected chi connectivity index (χ2v) is 1.03. The van der Waals surface area contributed by atoms with E-state index < -0.39 is 0 Å². The molecule has 10 heteroatoms. The van der Waals surface area contributed by atoms with Gasteiger partial charge in [-0.3, -0.25) is 10.5 Å². The molecule has 0 unspecified atom stereocenters. The first-order chi connectivity index (χ1) is 6.66. The Morgan fingerprint density at radius 3 is 0.625 bits per heavy atom. The fourth-order valence-corrected chi connectivity index (χ4v) is 0. The fourth-order valence-electron chi connectivity index (χ4n) is 0. The molecule has 2 N–H and O–H groups in total. The van der Waals surface area contributed by atoms with E-state index in [1.54, 1.807) is 0 Å². The SMILES string of the molecule is COO.COO.COOC.COOC.[U].[V]. The van der Waals surface area contributed by atoms with Crippen molar-refractivity contribution in [2.24, 2.45) is 0 Å². The molecule has 0 atom stereocenters. The molecule has 0 heterocycles. The first-order valence-electron chi connectivity index (χ1n) is 3.15. The summed E-state index contributed by atoms with van der Waals surface area (Å²) >= 11 is 0. The summed E-state index contributed by atoms with van der Waals surface area (Å²) in [7, 11) is 8.19. The molecule has 8 nitrogen and oxygen atoms in total. The first kappa shape index (κ1) is 36.0. The molecule has 0 spiro atoms. The van der Waals surface area contributed by atoms with Crippen molar-refractivity contribution in [1.29, 1.82) is 0 Å². The molecule has 0 aromatic rings. The molecule has 0 fully saturated rings. The van der Waals surface area contributed by atoms with Crippen LogP contribution in [-0.4, -0.2) is 53.2 Å². The van der Waals surface area contributed by atoms with Gasteiger partial charge in [0.05, 0.1) is 42.7 Å². The van der Waals surface area contributed by atoms with E-state index in [9.17, 15) is 0 Å². The van der Waals surface area contributed by atoms with Crippen LogP contribution in [0.15, 0.2) is 0 Å². The van der Waals surface area contributed by atoms with E-state index in [0.29, 0.717) is 0 Å². The van der Waals surface area contributed by atoms with Crippen LogP contribution in [0.5, 0.6) is 0 Å². The zero-order chi connectivity index (χ0) is 12.2. The average molecular weight is 509 g/mol. The summed E-state index contributed by atoms with van der Waals surface area (Å²) < 4.78 is 0. The molecular weight excluding hydrogens is 489 g/mol. The third-order valence-corrected chi connectivity index (χ3v) is 0.333. The van der Waals surface area contributed by atoms with Crippen molar-refractivity contribution in [3.63, 3.8) is 0 Å². The second kappa shape index (κ2) is 71.5. The van der Waals surface area contributed by atoms with Gasteiger partial charge in [0.15, 0.2) is 0 Å². The normalized spacial score (nSPS) is 6.00. The van der Waals surface area contributed by atoms with Gasteiger partial charge in [-0.05, 0) is 0 Å². The summed E-state index contributed by atoms with van der Waals surface area (Å²) in [6.07, 6.45) is 0. The minimum Gasteiger partial charge on any atom is -0.252 e. The summed E-state index contributed by atoms with van der Waals surface area (Å²) in [5, 5.41) is 14.1. The molecule has 1 radical (unpaired) electrons. The Kier molecular flexibility index (Phi) is 161. The Hall–Kier alpha value is 1.32. The van der Waals surface area contributed by atoms with Crippen LogP contribution in [0.2, 0.25) is 0 Å². The van der Waals surface area contributed by atoms with Crippen molar-refractivity contribution in [2.75, 3.05) is 42.7 Å². The Balaban J connectivity index is -0.0000000202. The van der Waals surface area contributed by atoms with Crippen LogP contribution in [-0.2, 0) is 47.9 Å². The standard InChI is InChI=1S/2C2H6O2.2CH4O2.U.V/c2*1-3-4-2;2*1-3-2;;/h2*1-2H3;2*2H,1H3;;. The van der Waals surface area contributed by atoms with E-state index in [0.717, 1.165) is 0 Å². The number of hydrogen-bond donors (Lipinski definition) is 2. The predicted octanol–water partition coefficient (Wildman–Crippen LogP) is 0.597. The maximum Gasteiger partial charge on any atom is 0.0712 e. The van der Waals surface area contributed by atoms with Gasteiger partial charge in [0.25, 0.3) is 0 Å². The van der Waals surface area contributed by atoms with E-state index in [2.05, 4.69) is 29.3 Å². The average Bonchev–Trinajstić information content (AvgIpc) is 2.20. The van der Waals surface area contributed by atoms with Crippen molar-refractivity contribution < 1.29 is 89.5 Å². The van der Waals surface area contributed by atoms with Crippen LogP contribution in [0.1, 0.15) is 0 Å². The van der Waals surface area contributed by atoms with Crippen molar-refractivity contribution in [1.82, 2.24) is 0 Å². The summed E-state index contributed by atoms with van der Waals surface area (Å²) in [4.78, 5) is 22.7. The van der Waals surface area contributed by atoms with E-state index in [1.165, 1.54) is 42.7 Å². The fraction of sp³-hybridized carbons (Fsp3) is 1.00. The van der Waals surface area contributed by atoms with Crippen LogP contribution in [0, 0.1) is 31.1 Å². The second-order valence-electron chi connectivity index (χ2n) is 1.03.